The predicted molar refractivity (Wildman–Crippen MR) is 90.3 cm³/mol. The van der Waals surface area contributed by atoms with Crippen molar-refractivity contribution in [1.82, 2.24) is 4.98 Å². The number of alkyl halides is 3. The summed E-state index contributed by atoms with van der Waals surface area (Å²) in [7, 11) is 0. The maximum absolute atomic E-state index is 12.6. The highest BCUT2D eigenvalue weighted by Crippen LogP contribution is 2.33. The van der Waals surface area contributed by atoms with Gasteiger partial charge in [0, 0.05) is 6.20 Å². The molecular formula is C17H12ClF3N2O5. The number of carbonyl (C=O) groups is 2. The molecule has 1 amide bonds. The smallest absolute Gasteiger partial charge is 0.417 e. The molecule has 28 heavy (non-hydrogen) atoms. The van der Waals surface area contributed by atoms with E-state index in [1.807, 2.05) is 0 Å². The predicted octanol–water partition coefficient (Wildman–Crippen LogP) is 3.67. The Balaban J connectivity index is 1.64. The Kier molecular flexibility index (Phi) is 5.32. The highest BCUT2D eigenvalue weighted by atomic mass is 35.5. The number of hydrogen-bond donors (Lipinski definition) is 1. The van der Waals surface area contributed by atoms with Crippen LogP contribution in [0, 0.1) is 0 Å². The molecule has 0 radical (unpaired) electrons. The van der Waals surface area contributed by atoms with Gasteiger partial charge in [0.15, 0.2) is 23.4 Å². The number of nitrogens with zero attached hydrogens (tertiary/aromatic N) is 1. The molecule has 1 aliphatic heterocycles. The minimum Gasteiger partial charge on any atom is -0.454 e. The lowest BCUT2D eigenvalue weighted by Gasteiger charge is -2.14. The van der Waals surface area contributed by atoms with Crippen molar-refractivity contribution < 1.29 is 37.0 Å². The van der Waals surface area contributed by atoms with E-state index in [1.54, 1.807) is 0 Å². The van der Waals surface area contributed by atoms with Crippen LogP contribution in [0.15, 0.2) is 30.5 Å². The van der Waals surface area contributed by atoms with E-state index in [0.717, 1.165) is 0 Å². The van der Waals surface area contributed by atoms with Crippen molar-refractivity contribution >= 4 is 29.3 Å². The van der Waals surface area contributed by atoms with Gasteiger partial charge in [-0.05, 0) is 31.2 Å². The molecule has 1 aromatic heterocycles. The Morgan fingerprint density at radius 2 is 1.96 bits per heavy atom. The van der Waals surface area contributed by atoms with Crippen LogP contribution in [0.5, 0.6) is 11.5 Å². The lowest BCUT2D eigenvalue weighted by molar-refractivity contribution is -0.137. The SMILES string of the molecule is C[C@@H](OC(=O)c1ccc2c(c1)OCO2)C(=O)Nc1ncc(C(F)(F)F)cc1Cl. The number of nitrogens with one attached hydrogen (secondary N) is 1. The van der Waals surface area contributed by atoms with E-state index in [9.17, 15) is 22.8 Å². The van der Waals surface area contributed by atoms with Crippen molar-refractivity contribution in [3.05, 3.63) is 46.6 Å². The summed E-state index contributed by atoms with van der Waals surface area (Å²) >= 11 is 5.73. The maximum Gasteiger partial charge on any atom is 0.417 e. The van der Waals surface area contributed by atoms with Crippen molar-refractivity contribution in [1.29, 1.82) is 0 Å². The van der Waals surface area contributed by atoms with Crippen LogP contribution in [0.25, 0.3) is 0 Å². The number of hydrogen-bond acceptors (Lipinski definition) is 6. The molecule has 1 aliphatic rings. The molecule has 148 valence electrons. The number of pyridine rings is 1. The third-order valence-electron chi connectivity index (χ3n) is 3.67. The molecule has 1 aromatic carbocycles. The van der Waals surface area contributed by atoms with Gasteiger partial charge in [0.1, 0.15) is 0 Å². The molecular weight excluding hydrogens is 405 g/mol. The quantitative estimate of drug-likeness (QED) is 0.765. The lowest BCUT2D eigenvalue weighted by atomic mass is 10.2. The van der Waals surface area contributed by atoms with Gasteiger partial charge in [-0.3, -0.25) is 4.79 Å². The third kappa shape index (κ3) is 4.28. The van der Waals surface area contributed by atoms with Gasteiger partial charge in [-0.2, -0.15) is 13.2 Å². The molecule has 2 aromatic rings. The van der Waals surface area contributed by atoms with Gasteiger partial charge in [-0.15, -0.1) is 0 Å². The molecule has 11 heteroatoms. The summed E-state index contributed by atoms with van der Waals surface area (Å²) in [5.74, 6) is -1.06. The third-order valence-corrected chi connectivity index (χ3v) is 3.96. The van der Waals surface area contributed by atoms with E-state index in [0.29, 0.717) is 23.8 Å². The van der Waals surface area contributed by atoms with Gasteiger partial charge in [-0.1, -0.05) is 11.6 Å². The number of anilines is 1. The van der Waals surface area contributed by atoms with Crippen LogP contribution in [0.4, 0.5) is 19.0 Å². The number of benzene rings is 1. The highest BCUT2D eigenvalue weighted by Gasteiger charge is 2.32. The summed E-state index contributed by atoms with van der Waals surface area (Å²) in [6.07, 6.45) is -5.35. The molecule has 0 saturated carbocycles. The number of halogens is 4. The average Bonchev–Trinajstić information content (AvgIpc) is 3.10. The van der Waals surface area contributed by atoms with Crippen molar-refractivity contribution in [3.63, 3.8) is 0 Å². The number of esters is 1. The second-order valence-electron chi connectivity index (χ2n) is 5.66. The van der Waals surface area contributed by atoms with Gasteiger partial charge >= 0.3 is 12.1 Å². The first-order valence-electron chi connectivity index (χ1n) is 7.79. The lowest BCUT2D eigenvalue weighted by Crippen LogP contribution is -2.30. The van der Waals surface area contributed by atoms with Crippen LogP contribution in [-0.4, -0.2) is 29.8 Å². The summed E-state index contributed by atoms with van der Waals surface area (Å²) < 4.78 is 53.2. The molecule has 1 N–H and O–H groups in total. The van der Waals surface area contributed by atoms with Gasteiger partial charge in [-0.25, -0.2) is 9.78 Å². The Morgan fingerprint density at radius 1 is 1.25 bits per heavy atom. The Hall–Kier alpha value is -3.01. The molecule has 1 atom stereocenters. The highest BCUT2D eigenvalue weighted by molar-refractivity contribution is 6.33. The standard InChI is InChI=1S/C17H12ClF3N2O5/c1-8(28-16(25)9-2-3-12-13(4-9)27-7-26-12)15(24)23-14-11(18)5-10(6-22-14)17(19,20)21/h2-6,8H,7H2,1H3,(H,22,23,24)/t8-/m1/s1. The fourth-order valence-corrected chi connectivity index (χ4v) is 2.42. The molecule has 2 heterocycles. The maximum atomic E-state index is 12.6. The molecule has 0 aliphatic carbocycles. The minimum absolute atomic E-state index is 0.0352. The Bertz CT molecular complexity index is 935. The second-order valence-corrected chi connectivity index (χ2v) is 6.06. The molecule has 0 spiro atoms. The summed E-state index contributed by atoms with van der Waals surface area (Å²) in [4.78, 5) is 27.8. The number of aromatic nitrogens is 1. The molecule has 7 nitrogen and oxygen atoms in total. The van der Waals surface area contributed by atoms with E-state index in [2.05, 4.69) is 10.3 Å². The summed E-state index contributed by atoms with van der Waals surface area (Å²) in [6, 6.07) is 5.00. The van der Waals surface area contributed by atoms with E-state index in [4.69, 9.17) is 25.8 Å². The van der Waals surface area contributed by atoms with Crippen molar-refractivity contribution in [3.8, 4) is 11.5 Å². The van der Waals surface area contributed by atoms with E-state index in [-0.39, 0.29) is 18.2 Å². The Morgan fingerprint density at radius 3 is 2.64 bits per heavy atom. The van der Waals surface area contributed by atoms with Crippen LogP contribution >= 0.6 is 11.6 Å². The van der Waals surface area contributed by atoms with Gasteiger partial charge in [0.25, 0.3) is 5.91 Å². The summed E-state index contributed by atoms with van der Waals surface area (Å²) in [5, 5.41) is 1.81. The second kappa shape index (κ2) is 7.55. The van der Waals surface area contributed by atoms with Gasteiger partial charge in [0.05, 0.1) is 16.1 Å². The molecule has 0 bridgehead atoms. The van der Waals surface area contributed by atoms with E-state index >= 15 is 0 Å². The number of amides is 1. The van der Waals surface area contributed by atoms with Crippen molar-refractivity contribution in [2.45, 2.75) is 19.2 Å². The average molecular weight is 417 g/mol. The first-order valence-corrected chi connectivity index (χ1v) is 8.17. The topological polar surface area (TPSA) is 86.8 Å². The number of carbonyl (C=O) groups excluding carboxylic acids is 2. The fourth-order valence-electron chi connectivity index (χ4n) is 2.21. The molecule has 0 saturated heterocycles. The Labute approximate surface area is 161 Å². The molecule has 0 unspecified atom stereocenters. The number of ether oxygens (including phenoxy) is 3. The van der Waals surface area contributed by atoms with Crippen LogP contribution in [0.3, 0.4) is 0 Å². The van der Waals surface area contributed by atoms with Crippen LogP contribution in [0.2, 0.25) is 5.02 Å². The summed E-state index contributed by atoms with van der Waals surface area (Å²) in [5.41, 5.74) is -0.924. The molecule has 0 fully saturated rings. The summed E-state index contributed by atoms with van der Waals surface area (Å²) in [6.45, 7) is 1.33. The zero-order valence-corrected chi connectivity index (χ0v) is 14.9. The molecule has 3 rings (SSSR count). The first kappa shape index (κ1) is 19.7. The van der Waals surface area contributed by atoms with Crippen molar-refractivity contribution in [2.24, 2.45) is 0 Å². The van der Waals surface area contributed by atoms with Crippen LogP contribution < -0.4 is 14.8 Å². The largest absolute Gasteiger partial charge is 0.454 e. The first-order chi connectivity index (χ1) is 13.1. The van der Waals surface area contributed by atoms with Gasteiger partial charge < -0.3 is 19.5 Å². The van der Waals surface area contributed by atoms with Crippen molar-refractivity contribution in [2.75, 3.05) is 12.1 Å². The van der Waals surface area contributed by atoms with Crippen LogP contribution in [0.1, 0.15) is 22.8 Å². The fraction of sp³-hybridized carbons (Fsp3) is 0.235. The van der Waals surface area contributed by atoms with Gasteiger partial charge in [0.2, 0.25) is 6.79 Å². The van der Waals surface area contributed by atoms with Crippen LogP contribution in [-0.2, 0) is 15.7 Å². The van der Waals surface area contributed by atoms with E-state index < -0.39 is 34.7 Å². The normalized spacial score (nSPS) is 13.8. The minimum atomic E-state index is -4.62. The zero-order chi connectivity index (χ0) is 20.5. The number of rotatable bonds is 4. The van der Waals surface area contributed by atoms with E-state index in [1.165, 1.54) is 25.1 Å². The number of fused-ring (bicyclic) bond motifs is 1. The monoisotopic (exact) mass is 416 g/mol. The zero-order valence-electron chi connectivity index (χ0n) is 14.2.